The van der Waals surface area contributed by atoms with Crippen molar-refractivity contribution in [3.63, 3.8) is 0 Å². The van der Waals surface area contributed by atoms with E-state index in [1.165, 1.54) is 12.1 Å². The van der Waals surface area contributed by atoms with E-state index in [1.54, 1.807) is 0 Å². The molecule has 6 heteroatoms. The van der Waals surface area contributed by atoms with Crippen molar-refractivity contribution in [3.05, 3.63) is 34.4 Å². The average molecular weight is 356 g/mol. The van der Waals surface area contributed by atoms with Gasteiger partial charge in [-0.1, -0.05) is 12.1 Å². The summed E-state index contributed by atoms with van der Waals surface area (Å²) in [6, 6.07) is 2.75. The summed E-state index contributed by atoms with van der Waals surface area (Å²) in [5.41, 5.74) is 1.52. The monoisotopic (exact) mass is 356 g/mol. The van der Waals surface area contributed by atoms with Crippen LogP contribution < -0.4 is 10.2 Å². The predicted octanol–water partition coefficient (Wildman–Crippen LogP) is 0.483. The molecule has 1 aromatic carbocycles. The van der Waals surface area contributed by atoms with Gasteiger partial charge in [0, 0.05) is 11.1 Å². The Bertz CT molecular complexity index is 722. The number of fused-ring (bicyclic) bond motifs is 2. The van der Waals surface area contributed by atoms with Gasteiger partial charge in [0.15, 0.2) is 0 Å². The van der Waals surface area contributed by atoms with E-state index in [0.29, 0.717) is 23.3 Å². The molecule has 2 aliphatic heterocycles. The van der Waals surface area contributed by atoms with Crippen molar-refractivity contribution >= 4 is 11.9 Å². The molecule has 2 saturated carbocycles. The molecule has 2 aliphatic carbocycles. The number of aromatic carboxylic acids is 2. The van der Waals surface area contributed by atoms with Crippen molar-refractivity contribution in [1.82, 2.24) is 0 Å². The Morgan fingerprint density at radius 2 is 1.15 bits per heavy atom. The number of carbonyl (C=O) groups is 2. The Kier molecular flexibility index (Phi) is 3.62. The second-order valence-corrected chi connectivity index (χ2v) is 8.01. The number of hydrogen-bond acceptors (Lipinski definition) is 6. The van der Waals surface area contributed by atoms with Gasteiger partial charge in [0.1, 0.15) is 0 Å². The number of carbonyl (C=O) groups excluding carboxylic acids is 2. The zero-order chi connectivity index (χ0) is 18.0. The summed E-state index contributed by atoms with van der Waals surface area (Å²) < 4.78 is 11.2. The van der Waals surface area contributed by atoms with Gasteiger partial charge >= 0.3 is 0 Å². The smallest absolute Gasteiger partial charge is 0.0847 e. The van der Waals surface area contributed by atoms with E-state index >= 15 is 0 Å². The highest BCUT2D eigenvalue weighted by atomic mass is 16.6. The summed E-state index contributed by atoms with van der Waals surface area (Å²) in [6.45, 7) is 0. The van der Waals surface area contributed by atoms with Gasteiger partial charge in [-0.25, -0.2) is 0 Å². The summed E-state index contributed by atoms with van der Waals surface area (Å²) >= 11 is 0. The Morgan fingerprint density at radius 3 is 1.50 bits per heavy atom. The topological polar surface area (TPSA) is 105 Å². The summed E-state index contributed by atoms with van der Waals surface area (Å²) in [5, 5.41) is 23.6. The van der Waals surface area contributed by atoms with Crippen LogP contribution in [0.3, 0.4) is 0 Å². The van der Waals surface area contributed by atoms with Crippen molar-refractivity contribution in [2.45, 2.75) is 74.8 Å². The molecule has 0 N–H and O–H groups in total. The van der Waals surface area contributed by atoms with Crippen molar-refractivity contribution < 1.29 is 29.3 Å². The molecular formula is C20H20O6-2. The predicted molar refractivity (Wildman–Crippen MR) is 85.6 cm³/mol. The third kappa shape index (κ3) is 2.63. The minimum Gasteiger partial charge on any atom is -0.545 e. The second-order valence-electron chi connectivity index (χ2n) is 8.01. The molecule has 138 valence electrons. The molecule has 6 nitrogen and oxygen atoms in total. The molecule has 6 unspecified atom stereocenters. The molecule has 4 fully saturated rings. The molecule has 26 heavy (non-hydrogen) atoms. The summed E-state index contributed by atoms with van der Waals surface area (Å²) in [5.74, 6) is -2.53. The van der Waals surface area contributed by atoms with Crippen LogP contribution in [0.1, 0.15) is 82.2 Å². The van der Waals surface area contributed by atoms with E-state index in [4.69, 9.17) is 9.47 Å². The number of hydrogen-bond donors (Lipinski definition) is 0. The number of ether oxygens (including phenoxy) is 2. The van der Waals surface area contributed by atoms with Crippen molar-refractivity contribution in [3.8, 4) is 0 Å². The number of epoxide rings is 2. The third-order valence-corrected chi connectivity index (χ3v) is 6.55. The van der Waals surface area contributed by atoms with Crippen LogP contribution in [0.25, 0.3) is 0 Å². The average Bonchev–Trinajstić information content (AvgIpc) is 3.52. The van der Waals surface area contributed by atoms with Gasteiger partial charge in [0.05, 0.1) is 36.4 Å². The largest absolute Gasteiger partial charge is 0.545 e. The van der Waals surface area contributed by atoms with Crippen molar-refractivity contribution in [2.75, 3.05) is 0 Å². The highest BCUT2D eigenvalue weighted by Gasteiger charge is 2.47. The highest BCUT2D eigenvalue weighted by molar-refractivity contribution is 5.94. The van der Waals surface area contributed by atoms with Gasteiger partial charge in [0.2, 0.25) is 0 Å². The Labute approximate surface area is 151 Å². The zero-order valence-electron chi connectivity index (χ0n) is 14.3. The van der Waals surface area contributed by atoms with Gasteiger partial charge in [0.25, 0.3) is 0 Å². The lowest BCUT2D eigenvalue weighted by Crippen LogP contribution is -2.31. The third-order valence-electron chi connectivity index (χ3n) is 6.55. The molecular weight excluding hydrogens is 336 g/mol. The highest BCUT2D eigenvalue weighted by Crippen LogP contribution is 2.50. The fourth-order valence-electron chi connectivity index (χ4n) is 5.20. The first-order valence-electron chi connectivity index (χ1n) is 9.43. The van der Waals surface area contributed by atoms with Crippen LogP contribution in [0.15, 0.2) is 12.1 Å². The van der Waals surface area contributed by atoms with Gasteiger partial charge in [-0.3, -0.25) is 0 Å². The van der Waals surface area contributed by atoms with Crippen molar-refractivity contribution in [1.29, 1.82) is 0 Å². The summed E-state index contributed by atoms with van der Waals surface area (Å²) in [7, 11) is 0. The Hall–Kier alpha value is -1.92. The minimum atomic E-state index is -1.25. The van der Waals surface area contributed by atoms with Crippen LogP contribution in [0.4, 0.5) is 0 Å². The second kappa shape index (κ2) is 5.79. The normalized spacial score (nSPS) is 37.4. The van der Waals surface area contributed by atoms with Crippen LogP contribution in [-0.2, 0) is 9.47 Å². The minimum absolute atomic E-state index is 0.0150. The molecule has 4 aliphatic rings. The molecule has 0 amide bonds. The lowest BCUT2D eigenvalue weighted by atomic mass is 9.72. The quantitative estimate of drug-likeness (QED) is 0.727. The molecule has 5 rings (SSSR count). The first kappa shape index (κ1) is 16.3. The standard InChI is InChI=1S/C20H22O6/c21-19(22)11-3-4-12(20(23)24)18(10-2-6-14-16(8-10)26-14)17(11)9-1-5-13-15(7-9)25-13/h3-4,9-10,13-16H,1-2,5-8H2,(H,21,22)(H,23,24)/p-2. The van der Waals surface area contributed by atoms with Gasteiger partial charge in [-0.2, -0.15) is 0 Å². The molecule has 2 heterocycles. The molecule has 6 atom stereocenters. The Morgan fingerprint density at radius 1 is 0.731 bits per heavy atom. The maximum absolute atomic E-state index is 11.8. The molecule has 0 bridgehead atoms. The molecule has 2 saturated heterocycles. The van der Waals surface area contributed by atoms with E-state index in [0.717, 1.165) is 38.5 Å². The lowest BCUT2D eigenvalue weighted by molar-refractivity contribution is -0.256. The fraction of sp³-hybridized carbons (Fsp3) is 0.600. The van der Waals surface area contributed by atoms with Crippen LogP contribution in [0.5, 0.6) is 0 Å². The first-order valence-corrected chi connectivity index (χ1v) is 9.43. The number of benzene rings is 1. The van der Waals surface area contributed by atoms with E-state index in [2.05, 4.69) is 0 Å². The van der Waals surface area contributed by atoms with E-state index < -0.39 is 11.9 Å². The lowest BCUT2D eigenvalue weighted by Gasteiger charge is -2.32. The van der Waals surface area contributed by atoms with E-state index in [9.17, 15) is 19.8 Å². The summed E-state index contributed by atoms with van der Waals surface area (Å²) in [4.78, 5) is 23.6. The Balaban J connectivity index is 1.63. The van der Waals surface area contributed by atoms with Gasteiger partial charge in [-0.15, -0.1) is 0 Å². The SMILES string of the molecule is O=C([O-])c1ccc(C(=O)[O-])c(C2CCC3OC3C2)c1C1CCC2OC2C1. The van der Waals surface area contributed by atoms with Crippen LogP contribution in [0, 0.1) is 0 Å². The number of rotatable bonds is 4. The van der Waals surface area contributed by atoms with E-state index in [-0.39, 0.29) is 35.2 Å². The van der Waals surface area contributed by atoms with Gasteiger partial charge < -0.3 is 29.3 Å². The number of carboxylic acids is 2. The molecule has 0 spiro atoms. The van der Waals surface area contributed by atoms with Crippen LogP contribution in [-0.4, -0.2) is 36.4 Å². The summed E-state index contributed by atoms with van der Waals surface area (Å²) in [6.07, 6.45) is 5.79. The molecule has 0 aromatic heterocycles. The van der Waals surface area contributed by atoms with Gasteiger partial charge in [-0.05, 0) is 61.5 Å². The fourth-order valence-corrected chi connectivity index (χ4v) is 5.20. The van der Waals surface area contributed by atoms with E-state index in [1.807, 2.05) is 0 Å². The number of carboxylic acid groups (broad SMARTS) is 2. The van der Waals surface area contributed by atoms with Crippen LogP contribution >= 0.6 is 0 Å². The van der Waals surface area contributed by atoms with Crippen LogP contribution in [0.2, 0.25) is 0 Å². The zero-order valence-corrected chi connectivity index (χ0v) is 14.3. The first-order chi connectivity index (χ1) is 12.5. The van der Waals surface area contributed by atoms with Crippen molar-refractivity contribution in [2.24, 2.45) is 0 Å². The molecule has 1 aromatic rings. The maximum atomic E-state index is 11.8. The molecule has 0 radical (unpaired) electrons. The maximum Gasteiger partial charge on any atom is 0.0847 e.